The first-order chi connectivity index (χ1) is 20.3. The third-order valence-electron chi connectivity index (χ3n) is 5.82. The zero-order valence-electron chi connectivity index (χ0n) is 23.2. The molecule has 4 amide bonds. The third kappa shape index (κ3) is 11.6. The monoisotopic (exact) mass is 597 g/mol. The zero-order chi connectivity index (χ0) is 30.2. The molecule has 17 nitrogen and oxygen atoms in total. The van der Waals surface area contributed by atoms with Gasteiger partial charge in [-0.25, -0.2) is 9.59 Å². The molecule has 1 aromatic heterocycles. The Balaban J connectivity index is 1.08. The lowest BCUT2D eigenvalue weighted by molar-refractivity contribution is -0.198. The van der Waals surface area contributed by atoms with Crippen LogP contribution in [0, 0.1) is 0 Å². The van der Waals surface area contributed by atoms with Crippen LogP contribution in [0.2, 0.25) is 0 Å². The number of hydrogen-bond acceptors (Lipinski definition) is 14. The van der Waals surface area contributed by atoms with E-state index in [0.717, 1.165) is 0 Å². The topological polar surface area (TPSA) is 195 Å². The number of unbranched alkanes of at least 4 members (excludes halogenated alkanes) is 1. The van der Waals surface area contributed by atoms with Crippen molar-refractivity contribution >= 4 is 35.6 Å². The van der Waals surface area contributed by atoms with Gasteiger partial charge in [0.2, 0.25) is 0 Å². The number of aromatic nitrogens is 3. The van der Waals surface area contributed by atoms with Crippen LogP contribution in [0.4, 0.5) is 0 Å². The van der Waals surface area contributed by atoms with E-state index in [1.165, 1.54) is 0 Å². The Morgan fingerprint density at radius 3 is 1.67 bits per heavy atom. The maximum absolute atomic E-state index is 11.8. The molecule has 3 heterocycles. The standard InChI is InChI=1S/C25H35N5O12/c31-20-4-5-21(32)29(20)41-24(35)3-1-2-9-28-17-19(26-27-28)18-40-16-15-39-14-13-38-12-11-37-10-8-25(36)42-30-22(33)6-7-23(30)34/h17H,1-16,18H2. The molecule has 17 heteroatoms. The molecule has 0 bridgehead atoms. The van der Waals surface area contributed by atoms with Crippen LogP contribution in [-0.4, -0.2) is 107 Å². The number of imide groups is 2. The number of hydroxylamine groups is 4. The normalized spacial score (nSPS) is 15.2. The molecule has 42 heavy (non-hydrogen) atoms. The molecule has 0 atom stereocenters. The molecule has 0 unspecified atom stereocenters. The largest absolute Gasteiger partial charge is 0.378 e. The lowest BCUT2D eigenvalue weighted by Gasteiger charge is -2.12. The average Bonchev–Trinajstić information content (AvgIpc) is 3.65. The van der Waals surface area contributed by atoms with Crippen molar-refractivity contribution in [2.75, 3.05) is 46.2 Å². The fourth-order valence-corrected chi connectivity index (χ4v) is 3.66. The fourth-order valence-electron chi connectivity index (χ4n) is 3.66. The summed E-state index contributed by atoms with van der Waals surface area (Å²) < 4.78 is 23.2. The molecule has 0 N–H and O–H groups in total. The molecule has 0 spiro atoms. The van der Waals surface area contributed by atoms with E-state index in [1.54, 1.807) is 10.9 Å². The van der Waals surface area contributed by atoms with E-state index in [2.05, 4.69) is 10.3 Å². The smallest absolute Gasteiger partial charge is 0.335 e. The van der Waals surface area contributed by atoms with Crippen LogP contribution < -0.4 is 0 Å². The summed E-state index contributed by atoms with van der Waals surface area (Å²) in [5.41, 5.74) is 0.648. The third-order valence-corrected chi connectivity index (χ3v) is 5.82. The average molecular weight is 598 g/mol. The zero-order valence-corrected chi connectivity index (χ0v) is 23.2. The highest BCUT2D eigenvalue weighted by Gasteiger charge is 2.33. The Hall–Kier alpha value is -3.80. The summed E-state index contributed by atoms with van der Waals surface area (Å²) in [5.74, 6) is -3.39. The van der Waals surface area contributed by atoms with Crippen LogP contribution in [-0.2, 0) is 70.5 Å². The number of rotatable bonds is 21. The number of ether oxygens (including phenoxy) is 4. The molecule has 2 saturated heterocycles. The summed E-state index contributed by atoms with van der Waals surface area (Å²) in [6.07, 6.45) is 3.07. The van der Waals surface area contributed by atoms with Crippen molar-refractivity contribution in [3.05, 3.63) is 11.9 Å². The van der Waals surface area contributed by atoms with Gasteiger partial charge in [0, 0.05) is 38.6 Å². The number of aryl methyl sites for hydroxylation is 1. The molecule has 2 fully saturated rings. The van der Waals surface area contributed by atoms with Crippen molar-refractivity contribution in [3.8, 4) is 0 Å². The Kier molecular flexibility index (Phi) is 13.9. The second-order valence-electron chi connectivity index (χ2n) is 9.16. The molecule has 2 aliphatic heterocycles. The lowest BCUT2D eigenvalue weighted by Crippen LogP contribution is -2.32. The van der Waals surface area contributed by atoms with Crippen LogP contribution in [0.25, 0.3) is 0 Å². The maximum Gasteiger partial charge on any atom is 0.335 e. The molecule has 232 valence electrons. The first-order valence-electron chi connectivity index (χ1n) is 13.7. The second kappa shape index (κ2) is 17.9. The quantitative estimate of drug-likeness (QED) is 0.131. The summed E-state index contributed by atoms with van der Waals surface area (Å²) in [4.78, 5) is 78.7. The van der Waals surface area contributed by atoms with Crippen molar-refractivity contribution in [3.63, 3.8) is 0 Å². The Morgan fingerprint density at radius 1 is 0.643 bits per heavy atom. The van der Waals surface area contributed by atoms with Gasteiger partial charge in [-0.1, -0.05) is 5.21 Å². The predicted octanol–water partition coefficient (Wildman–Crippen LogP) is -0.381. The van der Waals surface area contributed by atoms with Crippen molar-refractivity contribution in [2.45, 2.75) is 64.5 Å². The fraction of sp³-hybridized carbons (Fsp3) is 0.680. The number of carbonyl (C=O) groups excluding carboxylic acids is 6. The van der Waals surface area contributed by atoms with E-state index in [-0.39, 0.29) is 58.3 Å². The highest BCUT2D eigenvalue weighted by molar-refractivity contribution is 6.02. The number of nitrogens with zero attached hydrogens (tertiary/aromatic N) is 5. The van der Waals surface area contributed by atoms with Crippen molar-refractivity contribution in [2.24, 2.45) is 0 Å². The van der Waals surface area contributed by atoms with Crippen LogP contribution >= 0.6 is 0 Å². The highest BCUT2D eigenvalue weighted by Crippen LogP contribution is 2.14. The van der Waals surface area contributed by atoms with Gasteiger partial charge < -0.3 is 28.6 Å². The molecule has 0 aliphatic carbocycles. The summed E-state index contributed by atoms with van der Waals surface area (Å²) in [6.45, 7) is 2.86. The van der Waals surface area contributed by atoms with E-state index in [9.17, 15) is 28.8 Å². The molecular weight excluding hydrogens is 562 g/mol. The minimum Gasteiger partial charge on any atom is -0.378 e. The Labute approximate surface area is 241 Å². The number of carbonyl (C=O) groups is 6. The minimum atomic E-state index is -0.717. The number of amides is 4. The van der Waals surface area contributed by atoms with Crippen LogP contribution in [0.3, 0.4) is 0 Å². The summed E-state index contributed by atoms with van der Waals surface area (Å²) >= 11 is 0. The van der Waals surface area contributed by atoms with E-state index >= 15 is 0 Å². The first-order valence-corrected chi connectivity index (χ1v) is 13.7. The van der Waals surface area contributed by atoms with Crippen LogP contribution in [0.5, 0.6) is 0 Å². The van der Waals surface area contributed by atoms with Crippen molar-refractivity contribution < 1.29 is 57.4 Å². The molecule has 1 aromatic rings. The van der Waals surface area contributed by atoms with Crippen molar-refractivity contribution in [1.29, 1.82) is 0 Å². The van der Waals surface area contributed by atoms with E-state index in [0.29, 0.717) is 68.2 Å². The molecular formula is C25H35N5O12. The predicted molar refractivity (Wildman–Crippen MR) is 135 cm³/mol. The Bertz CT molecular complexity index is 1060. The summed E-state index contributed by atoms with van der Waals surface area (Å²) in [5, 5.41) is 9.09. The van der Waals surface area contributed by atoms with Gasteiger partial charge in [-0.2, -0.15) is 0 Å². The SMILES string of the molecule is O=C(CCCCn1cc(COCCOCCOCCOCCC(=O)ON2C(=O)CCC2=O)nn1)ON1C(=O)CCC1=O. The lowest BCUT2D eigenvalue weighted by atomic mass is 10.2. The maximum atomic E-state index is 11.8. The van der Waals surface area contributed by atoms with Gasteiger partial charge in [0.15, 0.2) is 0 Å². The van der Waals surface area contributed by atoms with E-state index in [1.807, 2.05) is 0 Å². The molecule has 3 rings (SSSR count). The van der Waals surface area contributed by atoms with E-state index in [4.69, 9.17) is 28.6 Å². The molecule has 0 radical (unpaired) electrons. The number of hydrogen-bond donors (Lipinski definition) is 0. The van der Waals surface area contributed by atoms with Gasteiger partial charge in [-0.3, -0.25) is 23.9 Å². The van der Waals surface area contributed by atoms with Gasteiger partial charge in [-0.15, -0.1) is 15.2 Å². The molecule has 2 aliphatic rings. The van der Waals surface area contributed by atoms with Gasteiger partial charge in [-0.05, 0) is 12.8 Å². The van der Waals surface area contributed by atoms with E-state index < -0.39 is 35.6 Å². The van der Waals surface area contributed by atoms with Crippen LogP contribution in [0.1, 0.15) is 57.1 Å². The minimum absolute atomic E-state index is 0.0463. The molecule has 0 aromatic carbocycles. The summed E-state index contributed by atoms with van der Waals surface area (Å²) in [7, 11) is 0. The van der Waals surface area contributed by atoms with Gasteiger partial charge >= 0.3 is 11.9 Å². The Morgan fingerprint density at radius 2 is 1.12 bits per heavy atom. The molecule has 0 saturated carbocycles. The highest BCUT2D eigenvalue weighted by atomic mass is 16.7. The first kappa shape index (κ1) is 32.7. The summed E-state index contributed by atoms with van der Waals surface area (Å²) in [6, 6.07) is 0. The van der Waals surface area contributed by atoms with Crippen molar-refractivity contribution in [1.82, 2.24) is 25.1 Å². The van der Waals surface area contributed by atoms with Gasteiger partial charge in [0.25, 0.3) is 23.6 Å². The van der Waals surface area contributed by atoms with Gasteiger partial charge in [0.1, 0.15) is 5.69 Å². The second-order valence-corrected chi connectivity index (χ2v) is 9.16. The van der Waals surface area contributed by atoms with Gasteiger partial charge in [0.05, 0.1) is 65.5 Å². The van der Waals surface area contributed by atoms with Crippen LogP contribution in [0.15, 0.2) is 6.20 Å².